The van der Waals surface area contributed by atoms with E-state index < -0.39 is 34.6 Å². The second-order valence-electron chi connectivity index (χ2n) is 4.94. The molecule has 132 valence electrons. The van der Waals surface area contributed by atoms with Crippen LogP contribution in [0.4, 0.5) is 5.69 Å². The number of aromatic nitrogens is 2. The van der Waals surface area contributed by atoms with Crippen LogP contribution in [0.2, 0.25) is 0 Å². The smallest absolute Gasteiger partial charge is 0.395 e. The van der Waals surface area contributed by atoms with E-state index in [0.717, 1.165) is 11.2 Å². The number of nitrogens with one attached hydrogen (secondary N) is 2. The number of rotatable bonds is 8. The van der Waals surface area contributed by atoms with Gasteiger partial charge in [-0.1, -0.05) is 17.7 Å². The van der Waals surface area contributed by atoms with E-state index in [1.165, 1.54) is 5.56 Å². The minimum absolute atomic E-state index is 0.408. The lowest BCUT2D eigenvalue weighted by Gasteiger charge is -2.07. The first-order valence-corrected chi connectivity index (χ1v) is 8.27. The van der Waals surface area contributed by atoms with Crippen LogP contribution in [0, 0.1) is 17.0 Å². The number of hydrogen-bond donors (Lipinski definition) is 2. The molecule has 1 aromatic heterocycles. The van der Waals surface area contributed by atoms with Gasteiger partial charge in [-0.2, -0.15) is 4.98 Å². The van der Waals surface area contributed by atoms with Gasteiger partial charge in [0.1, 0.15) is 0 Å². The summed E-state index contributed by atoms with van der Waals surface area (Å²) in [7, 11) is 0. The number of aryl methyl sites for hydroxylation is 1. The molecule has 1 heterocycles. The molecule has 0 aliphatic rings. The lowest BCUT2D eigenvalue weighted by molar-refractivity contribution is -0.387. The Labute approximate surface area is 147 Å². The number of ether oxygens (including phenoxy) is 1. The van der Waals surface area contributed by atoms with Gasteiger partial charge in [-0.3, -0.25) is 19.7 Å². The minimum atomic E-state index is -0.940. The maximum Gasteiger partial charge on any atom is 0.395 e. The lowest BCUT2D eigenvalue weighted by atomic mass is 10.2. The molecule has 0 aliphatic heterocycles. The molecule has 0 spiro atoms. The van der Waals surface area contributed by atoms with E-state index >= 15 is 0 Å². The Balaban J connectivity index is 1.76. The van der Waals surface area contributed by atoms with Gasteiger partial charge in [0.25, 0.3) is 5.91 Å². The molecule has 0 bridgehead atoms. The number of hydrogen-bond acceptors (Lipinski definition) is 7. The highest BCUT2D eigenvalue weighted by molar-refractivity contribution is 7.99. The van der Waals surface area contributed by atoms with Crippen molar-refractivity contribution in [2.45, 2.75) is 11.8 Å². The van der Waals surface area contributed by atoms with Gasteiger partial charge in [-0.25, -0.2) is 0 Å². The average Bonchev–Trinajstić information content (AvgIpc) is 2.58. The first-order valence-electron chi connectivity index (χ1n) is 7.28. The van der Waals surface area contributed by atoms with E-state index in [1.807, 2.05) is 31.2 Å². The zero-order chi connectivity index (χ0) is 18.2. The summed E-state index contributed by atoms with van der Waals surface area (Å²) >= 11 is 1.59. The number of nitro groups is 1. The molecule has 2 aromatic rings. The van der Waals surface area contributed by atoms with Crippen LogP contribution >= 0.6 is 11.8 Å². The fourth-order valence-corrected chi connectivity index (χ4v) is 2.59. The van der Waals surface area contributed by atoms with Crippen molar-refractivity contribution in [3.05, 3.63) is 56.6 Å². The summed E-state index contributed by atoms with van der Waals surface area (Å²) in [4.78, 5) is 39.7. The zero-order valence-corrected chi connectivity index (χ0v) is 14.2. The number of aromatic amines is 1. The van der Waals surface area contributed by atoms with Gasteiger partial charge < -0.3 is 15.0 Å². The molecule has 0 radical (unpaired) electrons. The Bertz CT molecular complexity index is 806. The zero-order valence-electron chi connectivity index (χ0n) is 13.4. The number of amides is 1. The Morgan fingerprint density at radius 1 is 1.40 bits per heavy atom. The summed E-state index contributed by atoms with van der Waals surface area (Å²) in [5.74, 6) is -0.281. The molecule has 0 unspecified atom stereocenters. The van der Waals surface area contributed by atoms with Crippen molar-refractivity contribution >= 4 is 23.4 Å². The minimum Gasteiger partial charge on any atom is -0.463 e. The van der Waals surface area contributed by atoms with E-state index in [1.54, 1.807) is 11.8 Å². The Hall–Kier alpha value is -2.88. The number of thioether (sulfide) groups is 1. The van der Waals surface area contributed by atoms with Gasteiger partial charge in [-0.15, -0.1) is 11.8 Å². The predicted molar refractivity (Wildman–Crippen MR) is 91.9 cm³/mol. The third-order valence-electron chi connectivity index (χ3n) is 3.03. The molecular formula is C15H16N4O5S. The highest BCUT2D eigenvalue weighted by Crippen LogP contribution is 2.18. The molecule has 10 heteroatoms. The summed E-state index contributed by atoms with van der Waals surface area (Å²) in [6, 6.07) is 8.03. The van der Waals surface area contributed by atoms with E-state index in [-0.39, 0.29) is 0 Å². The predicted octanol–water partition coefficient (Wildman–Crippen LogP) is 1.27. The monoisotopic (exact) mass is 364 g/mol. The van der Waals surface area contributed by atoms with Gasteiger partial charge in [-0.05, 0) is 19.1 Å². The fourth-order valence-electron chi connectivity index (χ4n) is 1.82. The van der Waals surface area contributed by atoms with Crippen molar-refractivity contribution in [2.24, 2.45) is 0 Å². The molecule has 0 aliphatic carbocycles. The van der Waals surface area contributed by atoms with Gasteiger partial charge in [0.05, 0.1) is 11.3 Å². The highest BCUT2D eigenvalue weighted by atomic mass is 32.2. The quantitative estimate of drug-likeness (QED) is 0.312. The van der Waals surface area contributed by atoms with Crippen molar-refractivity contribution in [3.63, 3.8) is 0 Å². The molecular weight excluding hydrogens is 348 g/mol. The molecule has 1 amide bonds. The highest BCUT2D eigenvalue weighted by Gasteiger charge is 2.22. The first-order chi connectivity index (χ1) is 12.0. The second kappa shape index (κ2) is 8.83. The number of benzene rings is 1. The van der Waals surface area contributed by atoms with Crippen LogP contribution in [0.1, 0.15) is 5.56 Å². The number of carbonyl (C=O) groups is 1. The molecule has 1 aromatic carbocycles. The summed E-state index contributed by atoms with van der Waals surface area (Å²) in [6.45, 7) is 1.95. The molecule has 0 fully saturated rings. The van der Waals surface area contributed by atoms with Crippen molar-refractivity contribution in [3.8, 4) is 5.88 Å². The third-order valence-corrected chi connectivity index (χ3v) is 4.05. The van der Waals surface area contributed by atoms with Crippen LogP contribution in [-0.4, -0.2) is 39.7 Å². The van der Waals surface area contributed by atoms with Crippen LogP contribution in [0.15, 0.2) is 40.3 Å². The summed E-state index contributed by atoms with van der Waals surface area (Å²) in [5, 5.41) is 13.4. The molecule has 25 heavy (non-hydrogen) atoms. The van der Waals surface area contributed by atoms with Gasteiger partial charge in [0.15, 0.2) is 6.61 Å². The summed E-state index contributed by atoms with van der Waals surface area (Å²) in [5.41, 5.74) is -0.590. The van der Waals surface area contributed by atoms with Gasteiger partial charge in [0.2, 0.25) is 0 Å². The Morgan fingerprint density at radius 2 is 2.12 bits per heavy atom. The van der Waals surface area contributed by atoms with Crippen LogP contribution < -0.4 is 15.6 Å². The summed E-state index contributed by atoms with van der Waals surface area (Å²) in [6.07, 6.45) is 0.973. The van der Waals surface area contributed by atoms with Gasteiger partial charge in [0, 0.05) is 17.2 Å². The molecule has 2 rings (SSSR count). The summed E-state index contributed by atoms with van der Waals surface area (Å²) < 4.78 is 4.98. The van der Waals surface area contributed by atoms with Crippen LogP contribution in [0.25, 0.3) is 0 Å². The molecule has 9 nitrogen and oxygen atoms in total. The van der Waals surface area contributed by atoms with Crippen molar-refractivity contribution in [1.29, 1.82) is 0 Å². The average molecular weight is 364 g/mol. The van der Waals surface area contributed by atoms with E-state index in [4.69, 9.17) is 4.74 Å². The van der Waals surface area contributed by atoms with Crippen molar-refractivity contribution in [1.82, 2.24) is 15.3 Å². The molecule has 0 atom stereocenters. The van der Waals surface area contributed by atoms with Crippen LogP contribution in [0.5, 0.6) is 5.88 Å². The molecule has 0 saturated carbocycles. The lowest BCUT2D eigenvalue weighted by Crippen LogP contribution is -2.31. The third kappa shape index (κ3) is 5.60. The van der Waals surface area contributed by atoms with E-state index in [9.17, 15) is 19.7 Å². The maximum absolute atomic E-state index is 11.7. The first kappa shape index (κ1) is 18.5. The van der Waals surface area contributed by atoms with Gasteiger partial charge >= 0.3 is 17.1 Å². The van der Waals surface area contributed by atoms with Crippen LogP contribution in [0.3, 0.4) is 0 Å². The van der Waals surface area contributed by atoms with Crippen molar-refractivity contribution < 1.29 is 14.5 Å². The van der Waals surface area contributed by atoms with E-state index in [2.05, 4.69) is 15.3 Å². The van der Waals surface area contributed by atoms with Crippen molar-refractivity contribution in [2.75, 3.05) is 18.9 Å². The second-order valence-corrected chi connectivity index (χ2v) is 6.11. The standard InChI is InChI=1S/C15H16N4O5S/c1-10-2-4-11(5-3-10)25-7-6-16-12(20)8-24-15-13(19(22)23)14(21)17-9-18-15/h2-5,9H,6-8H2,1H3,(H,16,20)(H,17,18,21). The Morgan fingerprint density at radius 3 is 2.80 bits per heavy atom. The molecule has 0 saturated heterocycles. The Kier molecular flexibility index (Phi) is 6.52. The fraction of sp³-hybridized carbons (Fsp3) is 0.267. The maximum atomic E-state index is 11.7. The number of H-pyrrole nitrogens is 1. The molecule has 2 N–H and O–H groups in total. The number of carbonyl (C=O) groups excluding carboxylic acids is 1. The SMILES string of the molecule is Cc1ccc(SCCNC(=O)COc2nc[nH]c(=O)c2[N+](=O)[O-])cc1. The van der Waals surface area contributed by atoms with E-state index in [0.29, 0.717) is 12.3 Å². The topological polar surface area (TPSA) is 127 Å². The van der Waals surface area contributed by atoms with Crippen LogP contribution in [-0.2, 0) is 4.79 Å². The largest absolute Gasteiger partial charge is 0.463 e. The number of nitrogens with zero attached hydrogens (tertiary/aromatic N) is 2. The normalized spacial score (nSPS) is 10.3.